The van der Waals surface area contributed by atoms with Gasteiger partial charge in [-0.25, -0.2) is 0 Å². The average Bonchev–Trinajstić information content (AvgIpc) is 2.69. The maximum Gasteiger partial charge on any atom is 0.258 e. The molecule has 0 spiro atoms. The first-order chi connectivity index (χ1) is 9.75. The molecule has 0 saturated carbocycles. The molecule has 3 heteroatoms. The topological polar surface area (TPSA) is 20.3 Å². The highest BCUT2D eigenvalue weighted by Gasteiger charge is 2.21. The molecule has 2 aromatic carbocycles. The zero-order chi connectivity index (χ0) is 13.9. The Balaban J connectivity index is 1.99. The van der Waals surface area contributed by atoms with Gasteiger partial charge in [-0.15, -0.1) is 0 Å². The number of carbonyl (C=O) groups is 1. The number of fused-ring (bicyclic) bond motifs is 1. The Morgan fingerprint density at radius 2 is 1.90 bits per heavy atom. The third kappa shape index (κ3) is 2.63. The van der Waals surface area contributed by atoms with Gasteiger partial charge in [0.1, 0.15) is 0 Å². The van der Waals surface area contributed by atoms with E-state index in [-0.39, 0.29) is 5.91 Å². The fraction of sp³-hybridized carbons (Fsp3) is 0.235. The molecule has 1 aliphatic rings. The number of halogens is 1. The van der Waals surface area contributed by atoms with Crippen LogP contribution in [0.2, 0.25) is 0 Å². The lowest BCUT2D eigenvalue weighted by atomic mass is 10.1. The van der Waals surface area contributed by atoms with Gasteiger partial charge in [0, 0.05) is 22.3 Å². The molecule has 1 heterocycles. The van der Waals surface area contributed by atoms with Crippen molar-refractivity contribution in [3.05, 3.63) is 64.1 Å². The van der Waals surface area contributed by atoms with Crippen LogP contribution in [0.25, 0.3) is 0 Å². The van der Waals surface area contributed by atoms with Crippen LogP contribution in [0, 0.1) is 0 Å². The molecule has 0 unspecified atom stereocenters. The van der Waals surface area contributed by atoms with Crippen LogP contribution in [0.5, 0.6) is 0 Å². The molecule has 0 saturated heterocycles. The SMILES string of the molecule is O=C(c1cccc(Br)c1)N1CCCCc2ccccc21. The molecule has 3 rings (SSSR count). The molecule has 1 amide bonds. The lowest BCUT2D eigenvalue weighted by Crippen LogP contribution is -2.31. The molecule has 20 heavy (non-hydrogen) atoms. The molecular formula is C17H16BrNO. The lowest BCUT2D eigenvalue weighted by molar-refractivity contribution is 0.0987. The maximum absolute atomic E-state index is 12.8. The van der Waals surface area contributed by atoms with Crippen LogP contribution in [-0.4, -0.2) is 12.5 Å². The Labute approximate surface area is 127 Å². The number of benzene rings is 2. The Kier molecular flexibility index (Phi) is 3.88. The van der Waals surface area contributed by atoms with Gasteiger partial charge in [0.25, 0.3) is 5.91 Å². The van der Waals surface area contributed by atoms with E-state index in [4.69, 9.17) is 0 Å². The third-order valence-corrected chi connectivity index (χ3v) is 4.17. The normalized spacial score (nSPS) is 14.6. The molecule has 0 radical (unpaired) electrons. The standard InChI is InChI=1S/C17H16BrNO/c18-15-9-5-8-14(12-15)17(20)19-11-4-3-7-13-6-1-2-10-16(13)19/h1-2,5-6,8-10,12H,3-4,7,11H2. The van der Waals surface area contributed by atoms with Crippen LogP contribution >= 0.6 is 15.9 Å². The van der Waals surface area contributed by atoms with E-state index in [1.54, 1.807) is 0 Å². The summed E-state index contributed by atoms with van der Waals surface area (Å²) < 4.78 is 0.937. The summed E-state index contributed by atoms with van der Waals surface area (Å²) in [7, 11) is 0. The molecule has 0 atom stereocenters. The predicted molar refractivity (Wildman–Crippen MR) is 85.2 cm³/mol. The number of amides is 1. The molecule has 1 aliphatic heterocycles. The van der Waals surface area contributed by atoms with Crippen LogP contribution in [0.4, 0.5) is 5.69 Å². The highest BCUT2D eigenvalue weighted by atomic mass is 79.9. The minimum atomic E-state index is 0.0839. The summed E-state index contributed by atoms with van der Waals surface area (Å²) in [5, 5.41) is 0. The van der Waals surface area contributed by atoms with Crippen molar-refractivity contribution >= 4 is 27.5 Å². The van der Waals surface area contributed by atoms with Crippen molar-refractivity contribution in [3.63, 3.8) is 0 Å². The first kappa shape index (κ1) is 13.4. The second-order valence-electron chi connectivity index (χ2n) is 5.05. The van der Waals surface area contributed by atoms with Crippen molar-refractivity contribution in [3.8, 4) is 0 Å². The van der Waals surface area contributed by atoms with Crippen LogP contribution < -0.4 is 4.90 Å². The minimum Gasteiger partial charge on any atom is -0.308 e. The van der Waals surface area contributed by atoms with Gasteiger partial charge in [0.05, 0.1) is 0 Å². The van der Waals surface area contributed by atoms with Crippen LogP contribution in [0.3, 0.4) is 0 Å². The summed E-state index contributed by atoms with van der Waals surface area (Å²) in [6.07, 6.45) is 3.24. The van der Waals surface area contributed by atoms with E-state index < -0.39 is 0 Å². The summed E-state index contributed by atoms with van der Waals surface area (Å²) in [6.45, 7) is 0.794. The third-order valence-electron chi connectivity index (χ3n) is 3.68. The summed E-state index contributed by atoms with van der Waals surface area (Å²) in [5.41, 5.74) is 3.07. The number of para-hydroxylation sites is 1. The van der Waals surface area contributed by atoms with Crippen LogP contribution in [-0.2, 0) is 6.42 Å². The van der Waals surface area contributed by atoms with Crippen molar-refractivity contribution in [1.29, 1.82) is 0 Å². The molecule has 0 bridgehead atoms. The second-order valence-corrected chi connectivity index (χ2v) is 5.97. The average molecular weight is 330 g/mol. The monoisotopic (exact) mass is 329 g/mol. The molecule has 102 valence electrons. The smallest absolute Gasteiger partial charge is 0.258 e. The molecular weight excluding hydrogens is 314 g/mol. The van der Waals surface area contributed by atoms with Crippen molar-refractivity contribution < 1.29 is 4.79 Å². The van der Waals surface area contributed by atoms with Crippen molar-refractivity contribution in [2.45, 2.75) is 19.3 Å². The minimum absolute atomic E-state index is 0.0839. The number of anilines is 1. The Morgan fingerprint density at radius 3 is 2.75 bits per heavy atom. The van der Waals surface area contributed by atoms with E-state index in [1.165, 1.54) is 5.56 Å². The summed E-state index contributed by atoms with van der Waals surface area (Å²) >= 11 is 3.43. The molecule has 0 fully saturated rings. The Bertz CT molecular complexity index is 638. The highest BCUT2D eigenvalue weighted by molar-refractivity contribution is 9.10. The van der Waals surface area contributed by atoms with Crippen LogP contribution in [0.15, 0.2) is 53.0 Å². The van der Waals surface area contributed by atoms with E-state index in [0.29, 0.717) is 0 Å². The van der Waals surface area contributed by atoms with Gasteiger partial charge >= 0.3 is 0 Å². The molecule has 0 N–H and O–H groups in total. The van der Waals surface area contributed by atoms with Gasteiger partial charge in [-0.1, -0.05) is 40.2 Å². The molecule has 0 aromatic heterocycles. The predicted octanol–water partition coefficient (Wildman–Crippen LogP) is 4.43. The van der Waals surface area contributed by atoms with Gasteiger partial charge in [0.15, 0.2) is 0 Å². The summed E-state index contributed by atoms with van der Waals surface area (Å²) in [4.78, 5) is 14.7. The van der Waals surface area contributed by atoms with Crippen molar-refractivity contribution in [2.24, 2.45) is 0 Å². The second kappa shape index (κ2) is 5.80. The van der Waals surface area contributed by atoms with Gasteiger partial charge in [-0.3, -0.25) is 4.79 Å². The van der Waals surface area contributed by atoms with Gasteiger partial charge in [0.2, 0.25) is 0 Å². The van der Waals surface area contributed by atoms with E-state index in [9.17, 15) is 4.79 Å². The Hall–Kier alpha value is -1.61. The summed E-state index contributed by atoms with van der Waals surface area (Å²) in [5.74, 6) is 0.0839. The van der Waals surface area contributed by atoms with Gasteiger partial charge in [-0.2, -0.15) is 0 Å². The number of aryl methyl sites for hydroxylation is 1. The number of hydrogen-bond donors (Lipinski definition) is 0. The first-order valence-electron chi connectivity index (χ1n) is 6.91. The zero-order valence-corrected chi connectivity index (χ0v) is 12.8. The number of hydrogen-bond acceptors (Lipinski definition) is 1. The fourth-order valence-corrected chi connectivity index (χ4v) is 3.08. The number of nitrogens with zero attached hydrogens (tertiary/aromatic N) is 1. The van der Waals surface area contributed by atoms with E-state index in [0.717, 1.165) is 41.5 Å². The summed E-state index contributed by atoms with van der Waals surface area (Å²) in [6, 6.07) is 15.8. The lowest BCUT2D eigenvalue weighted by Gasteiger charge is -2.23. The van der Waals surface area contributed by atoms with Crippen LogP contribution in [0.1, 0.15) is 28.8 Å². The maximum atomic E-state index is 12.8. The van der Waals surface area contributed by atoms with E-state index >= 15 is 0 Å². The largest absolute Gasteiger partial charge is 0.308 e. The van der Waals surface area contributed by atoms with Crippen molar-refractivity contribution in [2.75, 3.05) is 11.4 Å². The zero-order valence-electron chi connectivity index (χ0n) is 11.2. The fourth-order valence-electron chi connectivity index (χ4n) is 2.68. The van der Waals surface area contributed by atoms with Crippen molar-refractivity contribution in [1.82, 2.24) is 0 Å². The highest BCUT2D eigenvalue weighted by Crippen LogP contribution is 2.27. The molecule has 2 aromatic rings. The Morgan fingerprint density at radius 1 is 1.05 bits per heavy atom. The quantitative estimate of drug-likeness (QED) is 0.757. The number of carbonyl (C=O) groups excluding carboxylic acids is 1. The first-order valence-corrected chi connectivity index (χ1v) is 7.70. The molecule has 2 nitrogen and oxygen atoms in total. The van der Waals surface area contributed by atoms with E-state index in [1.807, 2.05) is 41.3 Å². The number of rotatable bonds is 1. The van der Waals surface area contributed by atoms with E-state index in [2.05, 4.69) is 28.1 Å². The van der Waals surface area contributed by atoms with Gasteiger partial charge < -0.3 is 4.90 Å². The molecule has 0 aliphatic carbocycles. The van der Waals surface area contributed by atoms with Gasteiger partial charge in [-0.05, 0) is 49.1 Å².